The van der Waals surface area contributed by atoms with Gasteiger partial charge >= 0.3 is 0 Å². The third-order valence-electron chi connectivity index (χ3n) is 4.73. The van der Waals surface area contributed by atoms with Crippen molar-refractivity contribution in [1.29, 1.82) is 0 Å². The lowest BCUT2D eigenvalue weighted by molar-refractivity contribution is 0.377. The van der Waals surface area contributed by atoms with Gasteiger partial charge < -0.3 is 9.84 Å². The van der Waals surface area contributed by atoms with Gasteiger partial charge in [-0.05, 0) is 63.3 Å². The Morgan fingerprint density at radius 3 is 2.74 bits per heavy atom. The zero-order chi connectivity index (χ0) is 18.6. The summed E-state index contributed by atoms with van der Waals surface area (Å²) in [6.45, 7) is 2.71. The summed E-state index contributed by atoms with van der Waals surface area (Å²) in [5, 5.41) is 7.42. The number of benzene rings is 1. The fraction of sp³-hybridized carbons (Fsp3) is 0.400. The van der Waals surface area contributed by atoms with Gasteiger partial charge in [-0.25, -0.2) is 14.4 Å². The Morgan fingerprint density at radius 1 is 1.07 bits per heavy atom. The average Bonchev–Trinajstić information content (AvgIpc) is 3.14. The minimum absolute atomic E-state index is 0.282. The molecule has 6 nitrogen and oxygen atoms in total. The quantitative estimate of drug-likeness (QED) is 0.666. The van der Waals surface area contributed by atoms with Crippen molar-refractivity contribution in [2.45, 2.75) is 45.4 Å². The molecule has 1 N–H and O–H groups in total. The molecule has 1 aromatic carbocycles. The molecule has 27 heavy (non-hydrogen) atoms. The van der Waals surface area contributed by atoms with Gasteiger partial charge in [-0.3, -0.25) is 0 Å². The van der Waals surface area contributed by atoms with Crippen molar-refractivity contribution in [2.24, 2.45) is 0 Å². The van der Waals surface area contributed by atoms with Crippen molar-refractivity contribution >= 4 is 5.82 Å². The zero-order valence-corrected chi connectivity index (χ0v) is 15.3. The number of hydrogen-bond donors (Lipinski definition) is 1. The van der Waals surface area contributed by atoms with E-state index in [1.165, 1.54) is 36.2 Å². The summed E-state index contributed by atoms with van der Waals surface area (Å²) in [6.07, 6.45) is 6.01. The Morgan fingerprint density at radius 2 is 1.89 bits per heavy atom. The van der Waals surface area contributed by atoms with Crippen LogP contribution in [0.3, 0.4) is 0 Å². The van der Waals surface area contributed by atoms with Crippen molar-refractivity contribution in [2.75, 3.05) is 11.9 Å². The number of fused-ring (bicyclic) bond motifs is 1. The molecule has 0 aliphatic heterocycles. The molecule has 1 aliphatic carbocycles. The Bertz CT molecular complexity index is 923. The highest BCUT2D eigenvalue weighted by Gasteiger charge is 2.16. The lowest BCUT2D eigenvalue weighted by atomic mass is 9.96. The Labute approximate surface area is 157 Å². The third-order valence-corrected chi connectivity index (χ3v) is 4.73. The summed E-state index contributed by atoms with van der Waals surface area (Å²) in [4.78, 5) is 13.5. The van der Waals surface area contributed by atoms with E-state index in [9.17, 15) is 4.39 Å². The summed E-state index contributed by atoms with van der Waals surface area (Å²) < 4.78 is 18.3. The van der Waals surface area contributed by atoms with E-state index in [1.54, 1.807) is 12.1 Å². The van der Waals surface area contributed by atoms with Crippen molar-refractivity contribution in [3.63, 3.8) is 0 Å². The lowest BCUT2D eigenvalue weighted by Crippen LogP contribution is -2.14. The first-order valence-electron chi connectivity index (χ1n) is 9.38. The van der Waals surface area contributed by atoms with Gasteiger partial charge in [0.2, 0.25) is 11.7 Å². The number of anilines is 1. The SMILES string of the molecule is Cc1nc2c(c(NCCCc3nc(-c4ccc(F)cc4)no3)n1)CCCC2. The fourth-order valence-electron chi connectivity index (χ4n) is 3.38. The maximum absolute atomic E-state index is 13.0. The maximum Gasteiger partial charge on any atom is 0.227 e. The molecule has 7 heteroatoms. The summed E-state index contributed by atoms with van der Waals surface area (Å²) in [5.74, 6) is 2.57. The van der Waals surface area contributed by atoms with Crippen LogP contribution in [-0.2, 0) is 19.3 Å². The fourth-order valence-corrected chi connectivity index (χ4v) is 3.38. The number of hydrogen-bond acceptors (Lipinski definition) is 6. The maximum atomic E-state index is 13.0. The molecule has 2 aromatic heterocycles. The topological polar surface area (TPSA) is 76.7 Å². The summed E-state index contributed by atoms with van der Waals surface area (Å²) in [5.41, 5.74) is 3.20. The van der Waals surface area contributed by atoms with E-state index >= 15 is 0 Å². The highest BCUT2D eigenvalue weighted by molar-refractivity contribution is 5.53. The van der Waals surface area contributed by atoms with Crippen LogP contribution in [0.15, 0.2) is 28.8 Å². The van der Waals surface area contributed by atoms with Crippen LogP contribution in [0.25, 0.3) is 11.4 Å². The predicted octanol–water partition coefficient (Wildman–Crippen LogP) is 3.90. The molecule has 0 spiro atoms. The van der Waals surface area contributed by atoms with Gasteiger partial charge in [0.05, 0.1) is 0 Å². The van der Waals surface area contributed by atoms with Gasteiger partial charge in [-0.2, -0.15) is 4.98 Å². The van der Waals surface area contributed by atoms with E-state index in [0.29, 0.717) is 18.1 Å². The Hall–Kier alpha value is -2.83. The molecule has 2 heterocycles. The standard InChI is InChI=1S/C20H22FN5O/c1-13-23-17-6-3-2-5-16(17)20(24-13)22-12-4-7-18-25-19(26-27-18)14-8-10-15(21)11-9-14/h8-11H,2-7,12H2,1H3,(H,22,23,24). The molecule has 0 saturated heterocycles. The molecule has 1 aliphatic rings. The largest absolute Gasteiger partial charge is 0.370 e. The number of nitrogens with zero attached hydrogens (tertiary/aromatic N) is 4. The second kappa shape index (κ2) is 7.82. The number of rotatable bonds is 6. The smallest absolute Gasteiger partial charge is 0.227 e. The van der Waals surface area contributed by atoms with Gasteiger partial charge in [0, 0.05) is 29.8 Å². The van der Waals surface area contributed by atoms with E-state index < -0.39 is 0 Å². The molecule has 4 rings (SSSR count). The molecular formula is C20H22FN5O. The first kappa shape index (κ1) is 17.6. The number of nitrogens with one attached hydrogen (secondary N) is 1. The van der Waals surface area contributed by atoms with Crippen LogP contribution in [0, 0.1) is 12.7 Å². The van der Waals surface area contributed by atoms with Crippen LogP contribution in [0.1, 0.15) is 42.2 Å². The lowest BCUT2D eigenvalue weighted by Gasteiger charge is -2.19. The molecular weight excluding hydrogens is 345 g/mol. The molecule has 3 aromatic rings. The van der Waals surface area contributed by atoms with Crippen molar-refractivity contribution in [3.05, 3.63) is 53.1 Å². The molecule has 0 atom stereocenters. The van der Waals surface area contributed by atoms with Crippen LogP contribution >= 0.6 is 0 Å². The second-order valence-corrected chi connectivity index (χ2v) is 6.80. The minimum Gasteiger partial charge on any atom is -0.370 e. The summed E-state index contributed by atoms with van der Waals surface area (Å²) in [6, 6.07) is 6.07. The zero-order valence-electron chi connectivity index (χ0n) is 15.3. The third kappa shape index (κ3) is 4.13. The van der Waals surface area contributed by atoms with E-state index in [2.05, 4.69) is 25.4 Å². The highest BCUT2D eigenvalue weighted by Crippen LogP contribution is 2.25. The van der Waals surface area contributed by atoms with Crippen LogP contribution in [0.5, 0.6) is 0 Å². The molecule has 0 unspecified atom stereocenters. The normalized spacial score (nSPS) is 13.4. The first-order chi connectivity index (χ1) is 13.2. The highest BCUT2D eigenvalue weighted by atomic mass is 19.1. The van der Waals surface area contributed by atoms with Gasteiger partial charge in [0.25, 0.3) is 0 Å². The van der Waals surface area contributed by atoms with E-state index in [0.717, 1.165) is 43.0 Å². The Kier molecular flexibility index (Phi) is 5.09. The van der Waals surface area contributed by atoms with Crippen LogP contribution in [0.4, 0.5) is 10.2 Å². The summed E-state index contributed by atoms with van der Waals surface area (Å²) in [7, 11) is 0. The van der Waals surface area contributed by atoms with Crippen molar-refractivity contribution in [3.8, 4) is 11.4 Å². The molecule has 0 amide bonds. The predicted molar refractivity (Wildman–Crippen MR) is 99.9 cm³/mol. The summed E-state index contributed by atoms with van der Waals surface area (Å²) >= 11 is 0. The first-order valence-corrected chi connectivity index (χ1v) is 9.38. The second-order valence-electron chi connectivity index (χ2n) is 6.80. The number of aromatic nitrogens is 4. The molecule has 0 saturated carbocycles. The van der Waals surface area contributed by atoms with Crippen LogP contribution in [-0.4, -0.2) is 26.7 Å². The van der Waals surface area contributed by atoms with Gasteiger partial charge in [0.1, 0.15) is 17.5 Å². The molecule has 0 bridgehead atoms. The van der Waals surface area contributed by atoms with E-state index in [1.807, 2.05) is 6.92 Å². The van der Waals surface area contributed by atoms with Crippen molar-refractivity contribution < 1.29 is 8.91 Å². The average molecular weight is 367 g/mol. The van der Waals surface area contributed by atoms with Crippen molar-refractivity contribution in [1.82, 2.24) is 20.1 Å². The molecule has 0 fully saturated rings. The van der Waals surface area contributed by atoms with Gasteiger partial charge in [-0.1, -0.05) is 5.16 Å². The molecule has 0 radical (unpaired) electrons. The van der Waals surface area contributed by atoms with Crippen LogP contribution in [0.2, 0.25) is 0 Å². The minimum atomic E-state index is -0.282. The number of aryl methyl sites for hydroxylation is 3. The van der Waals surface area contributed by atoms with E-state index in [-0.39, 0.29) is 5.82 Å². The van der Waals surface area contributed by atoms with Crippen LogP contribution < -0.4 is 5.32 Å². The van der Waals surface area contributed by atoms with E-state index in [4.69, 9.17) is 4.52 Å². The number of halogens is 1. The Balaban J connectivity index is 1.33. The molecule has 140 valence electrons. The van der Waals surface area contributed by atoms with Gasteiger partial charge in [-0.15, -0.1) is 0 Å². The van der Waals surface area contributed by atoms with Gasteiger partial charge in [0.15, 0.2) is 0 Å². The monoisotopic (exact) mass is 367 g/mol.